The van der Waals surface area contributed by atoms with Crippen molar-refractivity contribution in [3.8, 4) is 0 Å². The topological polar surface area (TPSA) is 32.3 Å². The van der Waals surface area contributed by atoms with Crippen LogP contribution in [0.1, 0.15) is 6.42 Å². The summed E-state index contributed by atoms with van der Waals surface area (Å²) in [4.78, 5) is 11.1. The van der Waals surface area contributed by atoms with Crippen LogP contribution in [-0.4, -0.2) is 29.3 Å². The number of hydrogen-bond donors (Lipinski definition) is 1. The van der Waals surface area contributed by atoms with E-state index in [1.54, 1.807) is 19.1 Å². The molecular formula is C6H10Cl2N2O. The molecule has 0 saturated heterocycles. The molecule has 1 amide bonds. The zero-order valence-corrected chi connectivity index (χ0v) is 7.91. The minimum absolute atomic E-state index is 0.111. The predicted octanol–water partition coefficient (Wildman–Crippen LogP) is 0.773. The molecule has 0 bridgehead atoms. The minimum Gasteiger partial charge on any atom is -0.289 e. The molecule has 0 aromatic carbocycles. The second kappa shape index (κ2) is 2.81. The van der Waals surface area contributed by atoms with Crippen LogP contribution in [0.5, 0.6) is 0 Å². The van der Waals surface area contributed by atoms with Crippen molar-refractivity contribution in [2.24, 2.45) is 5.92 Å². The molecule has 0 spiro atoms. The standard InChI is InChI=1S/C6H10Cl2N2O/c1-10(2)9-5(11)4-3-6(4,7)8/h4H,3H2,1-2H3,(H,9,11). The van der Waals surface area contributed by atoms with E-state index in [-0.39, 0.29) is 11.8 Å². The van der Waals surface area contributed by atoms with E-state index in [4.69, 9.17) is 23.2 Å². The van der Waals surface area contributed by atoms with Gasteiger partial charge in [-0.05, 0) is 6.42 Å². The number of carbonyl (C=O) groups excluding carboxylic acids is 1. The molecule has 11 heavy (non-hydrogen) atoms. The molecule has 0 aromatic rings. The first-order chi connectivity index (χ1) is 4.93. The Morgan fingerprint density at radius 3 is 2.36 bits per heavy atom. The predicted molar refractivity (Wildman–Crippen MR) is 44.4 cm³/mol. The average molecular weight is 197 g/mol. The Kier molecular flexibility index (Phi) is 2.32. The van der Waals surface area contributed by atoms with Gasteiger partial charge in [0.25, 0.3) is 0 Å². The summed E-state index contributed by atoms with van der Waals surface area (Å²) < 4.78 is -0.819. The molecule has 5 heteroatoms. The van der Waals surface area contributed by atoms with Crippen LogP contribution in [0.25, 0.3) is 0 Å². The molecule has 1 rings (SSSR count). The van der Waals surface area contributed by atoms with Crippen LogP contribution >= 0.6 is 23.2 Å². The smallest absolute Gasteiger partial charge is 0.240 e. The second-order valence-electron chi connectivity index (χ2n) is 2.89. The molecule has 3 nitrogen and oxygen atoms in total. The van der Waals surface area contributed by atoms with Crippen molar-refractivity contribution in [3.05, 3.63) is 0 Å². The van der Waals surface area contributed by atoms with Crippen molar-refractivity contribution in [2.45, 2.75) is 10.8 Å². The number of alkyl halides is 2. The van der Waals surface area contributed by atoms with E-state index in [2.05, 4.69) is 5.43 Å². The first-order valence-corrected chi connectivity index (χ1v) is 4.05. The molecule has 0 heterocycles. The van der Waals surface area contributed by atoms with Crippen LogP contribution in [0.15, 0.2) is 0 Å². The zero-order valence-electron chi connectivity index (χ0n) is 6.40. The highest BCUT2D eigenvalue weighted by Gasteiger charge is 2.56. The fourth-order valence-electron chi connectivity index (χ4n) is 0.796. The molecule has 1 atom stereocenters. The Balaban J connectivity index is 2.34. The first-order valence-electron chi connectivity index (χ1n) is 3.29. The van der Waals surface area contributed by atoms with Gasteiger partial charge in [0.15, 0.2) is 0 Å². The normalized spacial score (nSPS) is 26.8. The quantitative estimate of drug-likeness (QED) is 0.523. The average Bonchev–Trinajstić information content (AvgIpc) is 2.38. The van der Waals surface area contributed by atoms with E-state index in [0.717, 1.165) is 0 Å². The number of rotatable bonds is 2. The Bertz CT molecular complexity index is 181. The Labute approximate surface area is 75.6 Å². The number of hydrogen-bond acceptors (Lipinski definition) is 2. The van der Waals surface area contributed by atoms with Crippen molar-refractivity contribution < 1.29 is 4.79 Å². The van der Waals surface area contributed by atoms with Gasteiger partial charge >= 0.3 is 0 Å². The second-order valence-corrected chi connectivity index (χ2v) is 4.43. The van der Waals surface area contributed by atoms with Gasteiger partial charge in [0.2, 0.25) is 5.91 Å². The summed E-state index contributed by atoms with van der Waals surface area (Å²) in [6.45, 7) is 0. The largest absolute Gasteiger partial charge is 0.289 e. The molecule has 0 radical (unpaired) electrons. The van der Waals surface area contributed by atoms with Crippen molar-refractivity contribution in [2.75, 3.05) is 14.1 Å². The number of nitrogens with zero attached hydrogens (tertiary/aromatic N) is 1. The zero-order chi connectivity index (χ0) is 8.65. The first kappa shape index (κ1) is 9.10. The van der Waals surface area contributed by atoms with Crippen LogP contribution in [0.3, 0.4) is 0 Å². The van der Waals surface area contributed by atoms with Gasteiger partial charge < -0.3 is 0 Å². The maximum Gasteiger partial charge on any atom is 0.240 e. The number of carbonyl (C=O) groups is 1. The summed E-state index contributed by atoms with van der Waals surface area (Å²) in [5.41, 5.74) is 2.59. The highest BCUT2D eigenvalue weighted by atomic mass is 35.5. The lowest BCUT2D eigenvalue weighted by Gasteiger charge is -2.11. The summed E-state index contributed by atoms with van der Waals surface area (Å²) >= 11 is 11.3. The van der Waals surface area contributed by atoms with Crippen LogP contribution in [0.4, 0.5) is 0 Å². The van der Waals surface area contributed by atoms with E-state index < -0.39 is 4.33 Å². The third-order valence-electron chi connectivity index (χ3n) is 1.48. The molecule has 64 valence electrons. The highest BCUT2D eigenvalue weighted by Crippen LogP contribution is 2.53. The maximum atomic E-state index is 11.1. The Morgan fingerprint density at radius 1 is 1.64 bits per heavy atom. The number of halogens is 2. The van der Waals surface area contributed by atoms with E-state index in [1.807, 2.05) is 0 Å². The minimum atomic E-state index is -0.819. The lowest BCUT2D eigenvalue weighted by atomic mass is 10.4. The summed E-state index contributed by atoms with van der Waals surface area (Å²) in [7, 11) is 3.48. The number of nitrogens with one attached hydrogen (secondary N) is 1. The van der Waals surface area contributed by atoms with Gasteiger partial charge in [0.05, 0.1) is 5.92 Å². The third-order valence-corrected chi connectivity index (χ3v) is 2.31. The van der Waals surface area contributed by atoms with Gasteiger partial charge in [0, 0.05) is 14.1 Å². The number of amides is 1. The van der Waals surface area contributed by atoms with Crippen molar-refractivity contribution >= 4 is 29.1 Å². The van der Waals surface area contributed by atoms with E-state index in [9.17, 15) is 4.79 Å². The Hall–Kier alpha value is 0.01000. The van der Waals surface area contributed by atoms with Gasteiger partial charge in [-0.3, -0.25) is 10.2 Å². The maximum absolute atomic E-state index is 11.1. The molecule has 1 N–H and O–H groups in total. The third kappa shape index (κ3) is 2.22. The molecule has 0 aromatic heterocycles. The van der Waals surface area contributed by atoms with Gasteiger partial charge in [-0.1, -0.05) is 0 Å². The van der Waals surface area contributed by atoms with E-state index in [1.165, 1.54) is 0 Å². The summed E-state index contributed by atoms with van der Waals surface area (Å²) in [6.07, 6.45) is 0.551. The molecule has 0 aliphatic heterocycles. The summed E-state index contributed by atoms with van der Waals surface area (Å²) in [6, 6.07) is 0. The lowest BCUT2D eigenvalue weighted by molar-refractivity contribution is -0.126. The highest BCUT2D eigenvalue weighted by molar-refractivity contribution is 6.52. The molecule has 1 unspecified atom stereocenters. The lowest BCUT2D eigenvalue weighted by Crippen LogP contribution is -2.38. The van der Waals surface area contributed by atoms with E-state index in [0.29, 0.717) is 6.42 Å². The van der Waals surface area contributed by atoms with Gasteiger partial charge in [-0.15, -0.1) is 23.2 Å². The van der Waals surface area contributed by atoms with Crippen LogP contribution in [0.2, 0.25) is 0 Å². The van der Waals surface area contributed by atoms with E-state index >= 15 is 0 Å². The van der Waals surface area contributed by atoms with Crippen molar-refractivity contribution in [1.29, 1.82) is 0 Å². The fourth-order valence-corrected chi connectivity index (χ4v) is 1.30. The van der Waals surface area contributed by atoms with Crippen molar-refractivity contribution in [1.82, 2.24) is 10.4 Å². The molecular weight excluding hydrogens is 187 g/mol. The number of hydrazine groups is 1. The fraction of sp³-hybridized carbons (Fsp3) is 0.833. The summed E-state index contributed by atoms with van der Waals surface area (Å²) in [5, 5.41) is 1.57. The van der Waals surface area contributed by atoms with Gasteiger partial charge in [0.1, 0.15) is 4.33 Å². The van der Waals surface area contributed by atoms with Crippen LogP contribution in [-0.2, 0) is 4.79 Å². The van der Waals surface area contributed by atoms with Crippen LogP contribution in [0, 0.1) is 5.92 Å². The Morgan fingerprint density at radius 2 is 2.09 bits per heavy atom. The van der Waals surface area contributed by atoms with Gasteiger partial charge in [-0.25, -0.2) is 5.01 Å². The van der Waals surface area contributed by atoms with Crippen LogP contribution < -0.4 is 5.43 Å². The molecule has 1 aliphatic rings. The molecule has 1 fully saturated rings. The SMILES string of the molecule is CN(C)NC(=O)C1CC1(Cl)Cl. The molecule has 1 aliphatic carbocycles. The summed E-state index contributed by atoms with van der Waals surface area (Å²) in [5.74, 6) is -0.353. The monoisotopic (exact) mass is 196 g/mol. The molecule has 1 saturated carbocycles. The van der Waals surface area contributed by atoms with Gasteiger partial charge in [-0.2, -0.15) is 0 Å². The van der Waals surface area contributed by atoms with Crippen molar-refractivity contribution in [3.63, 3.8) is 0 Å².